The number of hydrogen-bond donors (Lipinski definition) is 1. The van der Waals surface area contributed by atoms with Crippen molar-refractivity contribution in [2.24, 2.45) is 0 Å². The van der Waals surface area contributed by atoms with Crippen LogP contribution in [0.1, 0.15) is 13.3 Å². The molecule has 2 heterocycles. The number of nitrogens with zero attached hydrogens (tertiary/aromatic N) is 4. The number of carbonyl (C=O) groups is 1. The Morgan fingerprint density at radius 3 is 2.70 bits per heavy atom. The maximum Gasteiger partial charge on any atom is 0.234 e. The fraction of sp³-hybridized carbons (Fsp3) is 0.222. The van der Waals surface area contributed by atoms with Crippen LogP contribution in [0.2, 0.25) is 0 Å². The number of carbonyl (C=O) groups excluding carboxylic acids is 1. The van der Waals surface area contributed by atoms with Crippen molar-refractivity contribution in [3.05, 3.63) is 54.4 Å². The second kappa shape index (κ2) is 8.72. The number of thioether (sulfide) groups is 1. The lowest BCUT2D eigenvalue weighted by Crippen LogP contribution is -2.16. The van der Waals surface area contributed by atoms with Gasteiger partial charge in [-0.25, -0.2) is 8.78 Å². The minimum Gasteiger partial charge on any atom is -0.323 e. The smallest absolute Gasteiger partial charge is 0.234 e. The summed E-state index contributed by atoms with van der Waals surface area (Å²) in [5.74, 6) is -1.08. The summed E-state index contributed by atoms with van der Waals surface area (Å²) in [6, 6.07) is 6.58. The summed E-state index contributed by atoms with van der Waals surface area (Å²) >= 11 is 1.19. The SMILES string of the molecule is CCCn1c(SCC(=O)Nc2cc(F)ccc2F)nnc1-c1ccncc1. The highest BCUT2D eigenvalue weighted by Crippen LogP contribution is 2.24. The van der Waals surface area contributed by atoms with Gasteiger partial charge in [-0.2, -0.15) is 0 Å². The molecule has 0 saturated heterocycles. The Labute approximate surface area is 159 Å². The molecule has 3 aromatic rings. The van der Waals surface area contributed by atoms with Crippen LogP contribution in [0.5, 0.6) is 0 Å². The van der Waals surface area contributed by atoms with Gasteiger partial charge >= 0.3 is 0 Å². The van der Waals surface area contributed by atoms with Gasteiger partial charge in [0.1, 0.15) is 11.6 Å². The van der Waals surface area contributed by atoms with Gasteiger partial charge in [-0.3, -0.25) is 9.78 Å². The monoisotopic (exact) mass is 389 g/mol. The van der Waals surface area contributed by atoms with Crippen molar-refractivity contribution in [2.75, 3.05) is 11.1 Å². The number of hydrogen-bond acceptors (Lipinski definition) is 5. The number of halogens is 2. The van der Waals surface area contributed by atoms with Gasteiger partial charge < -0.3 is 9.88 Å². The molecule has 0 bridgehead atoms. The molecular formula is C18H17F2N5OS. The Morgan fingerprint density at radius 2 is 1.96 bits per heavy atom. The van der Waals surface area contributed by atoms with Crippen molar-refractivity contribution in [1.82, 2.24) is 19.7 Å². The normalized spacial score (nSPS) is 10.8. The first-order valence-corrected chi connectivity index (χ1v) is 9.28. The zero-order valence-electron chi connectivity index (χ0n) is 14.5. The molecule has 140 valence electrons. The van der Waals surface area contributed by atoms with Crippen molar-refractivity contribution >= 4 is 23.4 Å². The van der Waals surface area contributed by atoms with Crippen LogP contribution >= 0.6 is 11.8 Å². The Hall–Kier alpha value is -2.81. The Kier molecular flexibility index (Phi) is 6.12. The molecule has 0 atom stereocenters. The third-order valence-corrected chi connectivity index (χ3v) is 4.60. The molecule has 3 rings (SSSR count). The van der Waals surface area contributed by atoms with E-state index >= 15 is 0 Å². The summed E-state index contributed by atoms with van der Waals surface area (Å²) in [5, 5.41) is 11.3. The zero-order valence-corrected chi connectivity index (χ0v) is 15.3. The van der Waals surface area contributed by atoms with Gasteiger partial charge in [0.2, 0.25) is 5.91 Å². The van der Waals surface area contributed by atoms with Gasteiger partial charge in [0, 0.05) is 30.6 Å². The molecule has 2 aromatic heterocycles. The molecule has 0 aliphatic rings. The highest BCUT2D eigenvalue weighted by Gasteiger charge is 2.16. The molecule has 0 radical (unpaired) electrons. The standard InChI is InChI=1S/C18H17F2N5OS/c1-2-9-25-17(12-5-7-21-8-6-12)23-24-18(25)27-11-16(26)22-15-10-13(19)3-4-14(15)20/h3-8,10H,2,9,11H2,1H3,(H,22,26). The van der Waals surface area contributed by atoms with Crippen LogP contribution in [0, 0.1) is 11.6 Å². The largest absolute Gasteiger partial charge is 0.323 e. The van der Waals surface area contributed by atoms with Crippen molar-refractivity contribution in [2.45, 2.75) is 25.0 Å². The van der Waals surface area contributed by atoms with Crippen LogP contribution in [0.3, 0.4) is 0 Å². The molecule has 1 N–H and O–H groups in total. The number of aromatic nitrogens is 4. The number of anilines is 1. The van der Waals surface area contributed by atoms with Crippen molar-refractivity contribution < 1.29 is 13.6 Å². The van der Waals surface area contributed by atoms with Crippen LogP contribution in [-0.2, 0) is 11.3 Å². The van der Waals surface area contributed by atoms with E-state index in [1.165, 1.54) is 11.8 Å². The molecule has 0 fully saturated rings. The van der Waals surface area contributed by atoms with Crippen LogP contribution < -0.4 is 5.32 Å². The highest BCUT2D eigenvalue weighted by atomic mass is 32.2. The predicted molar refractivity (Wildman–Crippen MR) is 99.3 cm³/mol. The second-order valence-corrected chi connectivity index (χ2v) is 6.60. The average Bonchev–Trinajstić information content (AvgIpc) is 3.07. The van der Waals surface area contributed by atoms with E-state index in [0.717, 1.165) is 30.2 Å². The van der Waals surface area contributed by atoms with E-state index in [0.29, 0.717) is 17.5 Å². The van der Waals surface area contributed by atoms with E-state index in [1.807, 2.05) is 23.6 Å². The molecule has 0 spiro atoms. The Balaban J connectivity index is 1.71. The van der Waals surface area contributed by atoms with Crippen molar-refractivity contribution in [1.29, 1.82) is 0 Å². The first kappa shape index (κ1) is 19.0. The average molecular weight is 389 g/mol. The zero-order chi connectivity index (χ0) is 19.2. The third kappa shape index (κ3) is 4.68. The van der Waals surface area contributed by atoms with Crippen LogP contribution in [0.4, 0.5) is 14.5 Å². The molecule has 0 saturated carbocycles. The van der Waals surface area contributed by atoms with Crippen molar-refractivity contribution in [3.8, 4) is 11.4 Å². The minimum absolute atomic E-state index is 0.00581. The topological polar surface area (TPSA) is 72.7 Å². The number of benzene rings is 1. The molecule has 0 aliphatic heterocycles. The summed E-state index contributed by atoms with van der Waals surface area (Å²) in [4.78, 5) is 16.1. The van der Waals surface area contributed by atoms with E-state index in [1.54, 1.807) is 12.4 Å². The maximum atomic E-state index is 13.6. The van der Waals surface area contributed by atoms with E-state index in [4.69, 9.17) is 0 Å². The van der Waals surface area contributed by atoms with E-state index < -0.39 is 17.5 Å². The number of rotatable bonds is 7. The Morgan fingerprint density at radius 1 is 1.19 bits per heavy atom. The van der Waals surface area contributed by atoms with Gasteiger partial charge in [0.15, 0.2) is 11.0 Å². The van der Waals surface area contributed by atoms with E-state index in [9.17, 15) is 13.6 Å². The number of nitrogens with one attached hydrogen (secondary N) is 1. The lowest BCUT2D eigenvalue weighted by atomic mass is 10.2. The quantitative estimate of drug-likeness (QED) is 0.623. The summed E-state index contributed by atoms with van der Waals surface area (Å²) < 4.78 is 28.8. The van der Waals surface area contributed by atoms with E-state index in [-0.39, 0.29) is 11.4 Å². The van der Waals surface area contributed by atoms with Gasteiger partial charge in [-0.15, -0.1) is 10.2 Å². The fourth-order valence-corrected chi connectivity index (χ4v) is 3.21. The summed E-state index contributed by atoms with van der Waals surface area (Å²) in [7, 11) is 0. The lowest BCUT2D eigenvalue weighted by molar-refractivity contribution is -0.113. The molecule has 0 unspecified atom stereocenters. The lowest BCUT2D eigenvalue weighted by Gasteiger charge is -2.09. The molecule has 0 aliphatic carbocycles. The molecule has 9 heteroatoms. The number of pyridine rings is 1. The van der Waals surface area contributed by atoms with Gasteiger partial charge in [-0.05, 0) is 30.7 Å². The summed E-state index contributed by atoms with van der Waals surface area (Å²) in [5.41, 5.74) is 0.692. The van der Waals surface area contributed by atoms with E-state index in [2.05, 4.69) is 20.5 Å². The van der Waals surface area contributed by atoms with Crippen LogP contribution in [-0.4, -0.2) is 31.4 Å². The molecule has 1 amide bonds. The third-order valence-electron chi connectivity index (χ3n) is 3.64. The first-order valence-electron chi connectivity index (χ1n) is 8.29. The predicted octanol–water partition coefficient (Wildman–Crippen LogP) is 3.76. The molecule has 6 nitrogen and oxygen atoms in total. The Bertz CT molecular complexity index is 933. The van der Waals surface area contributed by atoms with Gasteiger partial charge in [0.05, 0.1) is 11.4 Å². The second-order valence-electron chi connectivity index (χ2n) is 5.65. The number of amides is 1. The maximum absolute atomic E-state index is 13.6. The summed E-state index contributed by atoms with van der Waals surface area (Å²) in [6.45, 7) is 2.72. The molecule has 1 aromatic carbocycles. The molecular weight excluding hydrogens is 372 g/mol. The van der Waals surface area contributed by atoms with Crippen molar-refractivity contribution in [3.63, 3.8) is 0 Å². The first-order chi connectivity index (χ1) is 13.1. The highest BCUT2D eigenvalue weighted by molar-refractivity contribution is 7.99. The fourth-order valence-electron chi connectivity index (χ4n) is 2.44. The van der Waals surface area contributed by atoms with Gasteiger partial charge in [0.25, 0.3) is 0 Å². The molecule has 27 heavy (non-hydrogen) atoms. The summed E-state index contributed by atoms with van der Waals surface area (Å²) in [6.07, 6.45) is 4.21. The van der Waals surface area contributed by atoms with Crippen LogP contribution in [0.15, 0.2) is 47.9 Å². The van der Waals surface area contributed by atoms with Crippen LogP contribution in [0.25, 0.3) is 11.4 Å². The minimum atomic E-state index is -0.691. The van der Waals surface area contributed by atoms with Gasteiger partial charge in [-0.1, -0.05) is 18.7 Å².